The van der Waals surface area contributed by atoms with Crippen LogP contribution >= 0.6 is 10.8 Å². The highest BCUT2D eigenvalue weighted by atomic mass is 32.3. The number of carbonyl (C=O) groups excluding carboxylic acids is 2. The predicted octanol–water partition coefficient (Wildman–Crippen LogP) is 6.26. The maximum atomic E-state index is 14.4. The number of nitrogens with zero attached hydrogens (tertiary/aromatic N) is 1. The summed E-state index contributed by atoms with van der Waals surface area (Å²) in [5.74, 6) is -2.02. The van der Waals surface area contributed by atoms with Gasteiger partial charge in [0.05, 0.1) is 11.1 Å². The zero-order valence-corrected chi connectivity index (χ0v) is 22.4. The number of hydrogen-bond donors (Lipinski definition) is 5. The van der Waals surface area contributed by atoms with Gasteiger partial charge in [0.1, 0.15) is 22.0 Å². The number of nitrogens with one attached hydrogen (secondary N) is 1. The predicted molar refractivity (Wildman–Crippen MR) is 148 cm³/mol. The summed E-state index contributed by atoms with van der Waals surface area (Å²) in [6, 6.07) is 8.94. The first-order valence-corrected chi connectivity index (χ1v) is 14.4. The first-order valence-electron chi connectivity index (χ1n) is 12.9. The number of primary amides is 1. The number of carbonyl (C=O) groups is 2. The van der Waals surface area contributed by atoms with Crippen LogP contribution in [0.4, 0.5) is 10.1 Å². The lowest BCUT2D eigenvalue weighted by Crippen LogP contribution is -2.44. The van der Waals surface area contributed by atoms with Gasteiger partial charge in [0.25, 0.3) is 0 Å². The number of rotatable bonds is 10. The molecule has 1 aliphatic carbocycles. The summed E-state index contributed by atoms with van der Waals surface area (Å²) in [5, 5.41) is 14.3. The summed E-state index contributed by atoms with van der Waals surface area (Å²) in [7, 11) is -3.77. The number of anilines is 1. The molecule has 204 valence electrons. The number of amides is 1. The minimum atomic E-state index is -3.77. The molecule has 1 aliphatic heterocycles. The van der Waals surface area contributed by atoms with Crippen LogP contribution in [0.2, 0.25) is 0 Å². The van der Waals surface area contributed by atoms with Crippen molar-refractivity contribution < 1.29 is 28.2 Å². The normalized spacial score (nSPS) is 18.2. The summed E-state index contributed by atoms with van der Waals surface area (Å²) >= 11 is 0. The second-order valence-electron chi connectivity index (χ2n) is 9.91. The minimum Gasteiger partial charge on any atom is -0.506 e. The molecule has 4 rings (SSSR count). The molecule has 8 nitrogen and oxygen atoms in total. The highest BCUT2D eigenvalue weighted by Gasteiger charge is 2.49. The van der Waals surface area contributed by atoms with E-state index in [0.29, 0.717) is 36.1 Å². The Labute approximate surface area is 223 Å². The molecule has 0 saturated heterocycles. The van der Waals surface area contributed by atoms with Gasteiger partial charge < -0.3 is 16.2 Å². The average Bonchev–Trinajstić information content (AvgIpc) is 2.87. The fraction of sp³-hybridized carbons (Fsp3) is 0.393. The van der Waals surface area contributed by atoms with E-state index in [2.05, 4.69) is 9.71 Å². The lowest BCUT2D eigenvalue weighted by Gasteiger charge is -2.41. The van der Waals surface area contributed by atoms with Gasteiger partial charge in [-0.05, 0) is 54.7 Å². The molecule has 0 radical (unpaired) electrons. The van der Waals surface area contributed by atoms with E-state index in [0.717, 1.165) is 25.7 Å². The van der Waals surface area contributed by atoms with Crippen molar-refractivity contribution in [3.05, 3.63) is 64.5 Å². The molecule has 0 fully saturated rings. The minimum absolute atomic E-state index is 0.1000. The summed E-state index contributed by atoms with van der Waals surface area (Å²) in [5.41, 5.74) is 5.80. The van der Waals surface area contributed by atoms with Crippen molar-refractivity contribution in [3.8, 4) is 0 Å². The van der Waals surface area contributed by atoms with E-state index in [1.54, 1.807) is 18.2 Å². The maximum Gasteiger partial charge on any atom is 0.217 e. The van der Waals surface area contributed by atoms with E-state index in [4.69, 9.17) is 5.73 Å². The number of nitrogens with two attached hydrogens (primary N) is 1. The van der Waals surface area contributed by atoms with E-state index in [1.165, 1.54) is 18.2 Å². The molecular weight excluding hydrogens is 509 g/mol. The number of aryl methyl sites for hydroxylation is 1. The Kier molecular flexibility index (Phi) is 7.96. The molecule has 0 aromatic heterocycles. The summed E-state index contributed by atoms with van der Waals surface area (Å²) in [6.45, 7) is 4.05. The van der Waals surface area contributed by atoms with Crippen molar-refractivity contribution >= 4 is 39.7 Å². The van der Waals surface area contributed by atoms with Crippen molar-refractivity contribution in [2.24, 2.45) is 10.1 Å². The van der Waals surface area contributed by atoms with Gasteiger partial charge in [-0.15, -0.1) is 4.40 Å². The lowest BCUT2D eigenvalue weighted by atomic mass is 9.63. The van der Waals surface area contributed by atoms with Crippen LogP contribution in [0.3, 0.4) is 0 Å². The Morgan fingerprint density at radius 1 is 1.11 bits per heavy atom. The van der Waals surface area contributed by atoms with Gasteiger partial charge in [-0.25, -0.2) is 4.39 Å². The number of aliphatic hydroxyl groups excluding tert-OH is 1. The number of benzene rings is 2. The molecule has 0 bridgehead atoms. The average molecular weight is 544 g/mol. The fourth-order valence-electron chi connectivity index (χ4n) is 5.29. The Morgan fingerprint density at radius 2 is 1.79 bits per heavy atom. The number of Topliss-reactive ketones (excluding diaryl/α,β-unsaturated/α-hetero) is 1. The summed E-state index contributed by atoms with van der Waals surface area (Å²) < 4.78 is 40.5. The Bertz CT molecular complexity index is 1330. The topological polar surface area (TPSA) is 145 Å². The number of hydrogen-bond acceptors (Lipinski definition) is 7. The zero-order chi connectivity index (χ0) is 27.7. The van der Waals surface area contributed by atoms with Gasteiger partial charge in [-0.2, -0.15) is 0 Å². The van der Waals surface area contributed by atoms with E-state index in [9.17, 15) is 28.2 Å². The number of halogens is 1. The van der Waals surface area contributed by atoms with Gasteiger partial charge in [0.2, 0.25) is 5.91 Å². The molecule has 2 aliphatic rings. The Hall–Kier alpha value is -3.21. The quantitative estimate of drug-likeness (QED) is 0.239. The molecule has 1 heterocycles. The van der Waals surface area contributed by atoms with Crippen LogP contribution in [-0.2, 0) is 21.4 Å². The Morgan fingerprint density at radius 3 is 2.42 bits per heavy atom. The third-order valence-corrected chi connectivity index (χ3v) is 8.64. The highest BCUT2D eigenvalue weighted by molar-refractivity contribution is 8.23. The third kappa shape index (κ3) is 5.08. The first-order chi connectivity index (χ1) is 18.0. The fourth-order valence-corrected chi connectivity index (χ4v) is 6.50. The highest BCUT2D eigenvalue weighted by Crippen LogP contribution is 2.57. The van der Waals surface area contributed by atoms with E-state index >= 15 is 0 Å². The van der Waals surface area contributed by atoms with E-state index in [-0.39, 0.29) is 34.1 Å². The molecule has 38 heavy (non-hydrogen) atoms. The summed E-state index contributed by atoms with van der Waals surface area (Å²) in [4.78, 5) is 25.6. The number of aliphatic hydroxyl groups is 1. The number of ketones is 1. The smallest absolute Gasteiger partial charge is 0.217 e. The molecule has 0 unspecified atom stereocenters. The first kappa shape index (κ1) is 27.8. The number of amidine groups is 1. The Balaban J connectivity index is 1.85. The molecule has 0 spiro atoms. The van der Waals surface area contributed by atoms with Crippen molar-refractivity contribution in [3.63, 3.8) is 0 Å². The number of fused-ring (bicyclic) bond motifs is 2. The molecule has 1 amide bonds. The zero-order valence-electron chi connectivity index (χ0n) is 21.6. The van der Waals surface area contributed by atoms with Gasteiger partial charge in [-0.3, -0.25) is 18.7 Å². The molecule has 6 N–H and O–H groups in total. The van der Waals surface area contributed by atoms with Gasteiger partial charge in [-0.1, -0.05) is 62.4 Å². The van der Waals surface area contributed by atoms with Gasteiger partial charge >= 0.3 is 0 Å². The largest absolute Gasteiger partial charge is 0.506 e. The SMILES string of the molecule is CCCCC1(CCCC)C(=O)C(C2=NS(O)(O)c3cc(CCC(N)=O)ccc3N2)=C(O)c2cc(F)ccc21. The van der Waals surface area contributed by atoms with Gasteiger partial charge in [0.15, 0.2) is 11.6 Å². The molecule has 2 aromatic rings. The second-order valence-corrected chi connectivity index (χ2v) is 11.6. The van der Waals surface area contributed by atoms with Crippen molar-refractivity contribution in [1.82, 2.24) is 0 Å². The van der Waals surface area contributed by atoms with E-state index < -0.39 is 33.7 Å². The third-order valence-electron chi connectivity index (χ3n) is 7.27. The lowest BCUT2D eigenvalue weighted by molar-refractivity contribution is -0.121. The van der Waals surface area contributed by atoms with Crippen LogP contribution in [-0.4, -0.2) is 31.7 Å². The van der Waals surface area contributed by atoms with Gasteiger partial charge in [0, 0.05) is 12.0 Å². The van der Waals surface area contributed by atoms with Crippen LogP contribution < -0.4 is 11.1 Å². The molecule has 0 atom stereocenters. The maximum absolute atomic E-state index is 14.4. The standard InChI is InChI=1S/C28H34FN3O5S/c1-3-5-13-28(14-6-4-2)20-10-9-18(29)16-19(20)25(34)24(26(28)35)27-31-21-11-7-17(8-12-23(30)33)15-22(21)38(36,37)32-27/h7,9-11,15-16,34,36-37H,3-6,8,12-14H2,1-2H3,(H2,30,33)(H,31,32). The summed E-state index contributed by atoms with van der Waals surface area (Å²) in [6.07, 6.45) is 4.59. The van der Waals surface area contributed by atoms with Crippen LogP contribution in [0, 0.1) is 5.82 Å². The number of unbranched alkanes of at least 4 members (excludes halogenated alkanes) is 2. The molecule has 2 aromatic carbocycles. The molecular formula is C28H34FN3O5S. The van der Waals surface area contributed by atoms with Crippen molar-refractivity contribution in [1.29, 1.82) is 0 Å². The van der Waals surface area contributed by atoms with Crippen LogP contribution in [0.15, 0.2) is 51.3 Å². The van der Waals surface area contributed by atoms with Crippen LogP contribution in [0.5, 0.6) is 0 Å². The molecule has 10 heteroatoms. The van der Waals surface area contributed by atoms with Crippen molar-refractivity contribution in [2.75, 3.05) is 5.32 Å². The monoisotopic (exact) mass is 543 g/mol. The van der Waals surface area contributed by atoms with Crippen LogP contribution in [0.25, 0.3) is 5.76 Å². The van der Waals surface area contributed by atoms with Crippen molar-refractivity contribution in [2.45, 2.75) is 75.5 Å². The van der Waals surface area contributed by atoms with E-state index in [1.807, 2.05) is 13.8 Å². The van der Waals surface area contributed by atoms with Crippen LogP contribution in [0.1, 0.15) is 75.5 Å². The second kappa shape index (κ2) is 10.9. The molecule has 0 saturated carbocycles.